The molecule has 3 aromatic rings. The molecule has 0 radical (unpaired) electrons. The van der Waals surface area contributed by atoms with Crippen LogP contribution in [0.1, 0.15) is 63.1 Å². The summed E-state index contributed by atoms with van der Waals surface area (Å²) in [5.41, 5.74) is 9.82. The van der Waals surface area contributed by atoms with Gasteiger partial charge in [-0.05, 0) is 55.3 Å². The number of nitrogens with two attached hydrogens (primary N) is 1. The maximum absolute atomic E-state index is 13.2. The molecular formula is C22H24N10O4. The number of hydrogen-bond acceptors (Lipinski definition) is 11. The number of hydrogen-bond donors (Lipinski definition) is 2. The molecule has 14 heteroatoms. The van der Waals surface area contributed by atoms with E-state index in [1.165, 1.54) is 6.42 Å². The number of rotatable bonds is 7. The SMILES string of the molecule is C/C(CN1C(=O)c2ccccc2C1=O)=N\NC(=O)c1c(CN2CCCCC2)nnn1-c1nonc1N. The van der Waals surface area contributed by atoms with Gasteiger partial charge in [0.05, 0.1) is 23.4 Å². The van der Waals surface area contributed by atoms with E-state index in [0.29, 0.717) is 29.1 Å². The van der Waals surface area contributed by atoms with Gasteiger partial charge in [0.25, 0.3) is 17.7 Å². The van der Waals surface area contributed by atoms with Gasteiger partial charge in [0.1, 0.15) is 5.69 Å². The Morgan fingerprint density at radius 1 is 1.11 bits per heavy atom. The summed E-state index contributed by atoms with van der Waals surface area (Å²) in [4.78, 5) is 41.7. The number of aromatic nitrogens is 5. The van der Waals surface area contributed by atoms with E-state index in [0.717, 1.165) is 35.5 Å². The Hall–Kier alpha value is -4.46. The standard InChI is InChI=1S/C22H24N10O4/c1-13(11-31-21(34)14-7-3-4-8-15(14)22(31)35)24-26-20(33)17-16(12-30-9-5-2-6-10-30)25-29-32(17)19-18(23)27-36-28-19/h3-4,7-8H,2,5-6,9-12H2,1H3,(H2,23,27)(H,26,33)/b24-13+. The number of piperidine rings is 1. The van der Waals surface area contributed by atoms with Crippen molar-refractivity contribution in [3.05, 3.63) is 46.8 Å². The van der Waals surface area contributed by atoms with Gasteiger partial charge in [-0.15, -0.1) is 5.10 Å². The first kappa shape index (κ1) is 23.3. The zero-order valence-corrected chi connectivity index (χ0v) is 19.5. The minimum Gasteiger partial charge on any atom is -0.378 e. The molecule has 14 nitrogen and oxygen atoms in total. The fourth-order valence-electron chi connectivity index (χ4n) is 4.31. The molecule has 0 bridgehead atoms. The first-order valence-electron chi connectivity index (χ1n) is 11.5. The number of nitrogens with one attached hydrogen (secondary N) is 1. The van der Waals surface area contributed by atoms with Crippen molar-refractivity contribution in [3.8, 4) is 5.82 Å². The largest absolute Gasteiger partial charge is 0.378 e. The molecule has 0 unspecified atom stereocenters. The molecule has 1 aromatic carbocycles. The summed E-state index contributed by atoms with van der Waals surface area (Å²) in [6, 6.07) is 6.60. The summed E-state index contributed by atoms with van der Waals surface area (Å²) in [5, 5.41) is 19.6. The Labute approximate surface area is 205 Å². The van der Waals surface area contributed by atoms with Crippen molar-refractivity contribution in [2.75, 3.05) is 25.4 Å². The Bertz CT molecular complexity index is 1320. The van der Waals surface area contributed by atoms with Crippen molar-refractivity contribution in [2.45, 2.75) is 32.7 Å². The third-order valence-corrected chi connectivity index (χ3v) is 6.09. The van der Waals surface area contributed by atoms with E-state index in [9.17, 15) is 14.4 Å². The third-order valence-electron chi connectivity index (χ3n) is 6.09. The van der Waals surface area contributed by atoms with E-state index >= 15 is 0 Å². The average molecular weight is 493 g/mol. The molecule has 36 heavy (non-hydrogen) atoms. The quantitative estimate of drug-likeness (QED) is 0.270. The Kier molecular flexibility index (Phi) is 6.25. The number of benzene rings is 1. The highest BCUT2D eigenvalue weighted by Gasteiger charge is 2.35. The van der Waals surface area contributed by atoms with E-state index in [1.54, 1.807) is 31.2 Å². The average Bonchev–Trinajstić information content (AvgIpc) is 3.56. The molecule has 4 heterocycles. The molecule has 186 valence electrons. The molecule has 2 aromatic heterocycles. The highest BCUT2D eigenvalue weighted by Crippen LogP contribution is 2.22. The van der Waals surface area contributed by atoms with Crippen molar-refractivity contribution >= 4 is 29.3 Å². The van der Waals surface area contributed by atoms with Crippen molar-refractivity contribution < 1.29 is 19.0 Å². The minimum atomic E-state index is -0.615. The van der Waals surface area contributed by atoms with Crippen molar-refractivity contribution in [1.82, 2.24) is 40.5 Å². The van der Waals surface area contributed by atoms with E-state index in [-0.39, 0.29) is 23.9 Å². The molecule has 3 N–H and O–H groups in total. The molecule has 0 aliphatic carbocycles. The van der Waals surface area contributed by atoms with Crippen LogP contribution in [0.15, 0.2) is 34.0 Å². The number of fused-ring (bicyclic) bond motifs is 1. The Balaban J connectivity index is 1.35. The number of carbonyl (C=O) groups excluding carboxylic acids is 3. The van der Waals surface area contributed by atoms with Crippen LogP contribution in [0.2, 0.25) is 0 Å². The number of nitrogen functional groups attached to an aromatic ring is 1. The van der Waals surface area contributed by atoms with E-state index in [4.69, 9.17) is 5.73 Å². The molecule has 0 spiro atoms. The van der Waals surface area contributed by atoms with Gasteiger partial charge < -0.3 is 5.73 Å². The Morgan fingerprint density at radius 3 is 2.44 bits per heavy atom. The molecule has 1 saturated heterocycles. The lowest BCUT2D eigenvalue weighted by molar-refractivity contribution is 0.0677. The fraction of sp³-hybridized carbons (Fsp3) is 0.364. The number of likely N-dealkylation sites (tertiary alicyclic amines) is 1. The van der Waals surface area contributed by atoms with Gasteiger partial charge in [-0.1, -0.05) is 23.8 Å². The third kappa shape index (κ3) is 4.33. The molecule has 5 rings (SSSR count). The number of hydrazone groups is 1. The molecule has 2 aliphatic rings. The molecule has 0 atom stereocenters. The van der Waals surface area contributed by atoms with Crippen LogP contribution >= 0.6 is 0 Å². The van der Waals surface area contributed by atoms with Gasteiger partial charge in [-0.2, -0.15) is 9.78 Å². The fourth-order valence-corrected chi connectivity index (χ4v) is 4.31. The van der Waals surface area contributed by atoms with Gasteiger partial charge in [0, 0.05) is 6.54 Å². The van der Waals surface area contributed by atoms with Gasteiger partial charge in [0.15, 0.2) is 5.69 Å². The molecule has 3 amide bonds. The van der Waals surface area contributed by atoms with Gasteiger partial charge in [-0.3, -0.25) is 24.2 Å². The van der Waals surface area contributed by atoms with Gasteiger partial charge in [-0.25, -0.2) is 10.1 Å². The van der Waals surface area contributed by atoms with Crippen molar-refractivity contribution in [2.24, 2.45) is 5.10 Å². The van der Waals surface area contributed by atoms with Crippen LogP contribution < -0.4 is 11.2 Å². The van der Waals surface area contributed by atoms with Crippen LogP contribution in [-0.4, -0.2) is 78.2 Å². The van der Waals surface area contributed by atoms with Crippen LogP contribution in [0, 0.1) is 0 Å². The summed E-state index contributed by atoms with van der Waals surface area (Å²) in [7, 11) is 0. The predicted octanol–water partition coefficient (Wildman–Crippen LogP) is 0.620. The summed E-state index contributed by atoms with van der Waals surface area (Å²) < 4.78 is 5.82. The summed E-state index contributed by atoms with van der Waals surface area (Å²) in [5.74, 6) is -1.45. The number of carbonyl (C=O) groups is 3. The summed E-state index contributed by atoms with van der Waals surface area (Å²) >= 11 is 0. The van der Waals surface area contributed by atoms with E-state index in [1.807, 2.05) is 0 Å². The second kappa shape index (κ2) is 9.65. The zero-order chi connectivity index (χ0) is 25.2. The van der Waals surface area contributed by atoms with Crippen molar-refractivity contribution in [3.63, 3.8) is 0 Å². The molecule has 1 fully saturated rings. The lowest BCUT2D eigenvalue weighted by atomic mass is 10.1. The second-order valence-electron chi connectivity index (χ2n) is 8.64. The molecule has 2 aliphatic heterocycles. The minimum absolute atomic E-state index is 0.0317. The van der Waals surface area contributed by atoms with E-state index < -0.39 is 17.7 Å². The molecular weight excluding hydrogens is 468 g/mol. The van der Waals surface area contributed by atoms with Crippen molar-refractivity contribution in [1.29, 1.82) is 0 Å². The number of amides is 3. The first-order valence-corrected chi connectivity index (χ1v) is 11.5. The van der Waals surface area contributed by atoms with Crippen LogP contribution in [0.3, 0.4) is 0 Å². The summed E-state index contributed by atoms with van der Waals surface area (Å²) in [6.07, 6.45) is 3.30. The monoisotopic (exact) mass is 492 g/mol. The highest BCUT2D eigenvalue weighted by atomic mass is 16.6. The van der Waals surface area contributed by atoms with Crippen LogP contribution in [0.25, 0.3) is 5.82 Å². The first-order chi connectivity index (χ1) is 17.4. The second-order valence-corrected chi connectivity index (χ2v) is 8.64. The normalized spacial score (nSPS) is 16.5. The number of nitrogens with zero attached hydrogens (tertiary/aromatic N) is 8. The Morgan fingerprint density at radius 2 is 1.81 bits per heavy atom. The summed E-state index contributed by atoms with van der Waals surface area (Å²) in [6.45, 7) is 3.71. The van der Waals surface area contributed by atoms with Crippen LogP contribution in [0.4, 0.5) is 5.82 Å². The van der Waals surface area contributed by atoms with Gasteiger partial charge in [0.2, 0.25) is 11.6 Å². The van der Waals surface area contributed by atoms with E-state index in [2.05, 4.69) is 40.7 Å². The lowest BCUT2D eigenvalue weighted by Crippen LogP contribution is -2.35. The number of anilines is 1. The molecule has 0 saturated carbocycles. The maximum Gasteiger partial charge on any atom is 0.292 e. The van der Waals surface area contributed by atoms with Crippen LogP contribution in [0.5, 0.6) is 0 Å². The van der Waals surface area contributed by atoms with Crippen LogP contribution in [-0.2, 0) is 6.54 Å². The zero-order valence-electron chi connectivity index (χ0n) is 19.5. The smallest absolute Gasteiger partial charge is 0.292 e. The van der Waals surface area contributed by atoms with Gasteiger partial charge >= 0.3 is 0 Å². The lowest BCUT2D eigenvalue weighted by Gasteiger charge is -2.25. The topological polar surface area (TPSA) is 178 Å². The number of imide groups is 1. The predicted molar refractivity (Wildman–Crippen MR) is 125 cm³/mol. The maximum atomic E-state index is 13.2. The highest BCUT2D eigenvalue weighted by molar-refractivity contribution is 6.22.